The number of aromatic nitrogens is 4. The molecule has 1 amide bonds. The van der Waals surface area contributed by atoms with Crippen molar-refractivity contribution < 1.29 is 9.18 Å². The van der Waals surface area contributed by atoms with Gasteiger partial charge >= 0.3 is 0 Å². The highest BCUT2D eigenvalue weighted by atomic mass is 19.1. The van der Waals surface area contributed by atoms with Crippen LogP contribution in [0.4, 0.5) is 4.39 Å². The lowest BCUT2D eigenvalue weighted by Crippen LogP contribution is -2.46. The molecular weight excluding hydrogens is 389 g/mol. The number of piperazine rings is 1. The molecule has 0 radical (unpaired) electrons. The van der Waals surface area contributed by atoms with Gasteiger partial charge in [-0.15, -0.1) is 0 Å². The van der Waals surface area contributed by atoms with Crippen LogP contribution in [0.1, 0.15) is 10.5 Å². The van der Waals surface area contributed by atoms with Crippen molar-refractivity contribution in [3.8, 4) is 5.69 Å². The third kappa shape index (κ3) is 3.96. The molecule has 158 valence electrons. The smallest absolute Gasteiger partial charge is 0.279 e. The number of amides is 1. The molecule has 0 aliphatic carbocycles. The molecule has 2 aromatic heterocycles. The first kappa shape index (κ1) is 20.2. The molecule has 0 bridgehead atoms. The van der Waals surface area contributed by atoms with Crippen molar-refractivity contribution in [3.63, 3.8) is 0 Å². The Balaban J connectivity index is 1.59. The van der Waals surface area contributed by atoms with Crippen molar-refractivity contribution in [2.75, 3.05) is 46.3 Å². The van der Waals surface area contributed by atoms with E-state index in [1.54, 1.807) is 7.05 Å². The molecule has 3 heterocycles. The van der Waals surface area contributed by atoms with E-state index in [1.807, 2.05) is 0 Å². The summed E-state index contributed by atoms with van der Waals surface area (Å²) in [5.74, 6) is -0.793. The third-order valence-corrected chi connectivity index (χ3v) is 5.34. The van der Waals surface area contributed by atoms with Crippen LogP contribution >= 0.6 is 0 Å². The van der Waals surface area contributed by atoms with Crippen LogP contribution in [-0.4, -0.2) is 81.4 Å². The van der Waals surface area contributed by atoms with Crippen LogP contribution < -0.4 is 10.9 Å². The summed E-state index contributed by atoms with van der Waals surface area (Å²) in [5, 5.41) is 7.23. The molecule has 0 unspecified atom stereocenters. The summed E-state index contributed by atoms with van der Waals surface area (Å²) in [4.78, 5) is 34.4. The minimum absolute atomic E-state index is 0.0744. The van der Waals surface area contributed by atoms with Gasteiger partial charge in [-0.1, -0.05) is 0 Å². The maximum Gasteiger partial charge on any atom is 0.279 e. The Morgan fingerprint density at radius 3 is 2.53 bits per heavy atom. The molecule has 1 aromatic carbocycles. The second-order valence-electron chi connectivity index (χ2n) is 7.50. The largest absolute Gasteiger partial charge is 0.349 e. The summed E-state index contributed by atoms with van der Waals surface area (Å²) in [6.07, 6.45) is 1.36. The fourth-order valence-electron chi connectivity index (χ4n) is 3.49. The Morgan fingerprint density at radius 2 is 1.83 bits per heavy atom. The van der Waals surface area contributed by atoms with Gasteiger partial charge in [0.25, 0.3) is 11.5 Å². The first-order valence-electron chi connectivity index (χ1n) is 9.83. The quantitative estimate of drug-likeness (QED) is 0.645. The lowest BCUT2D eigenvalue weighted by atomic mass is 10.3. The van der Waals surface area contributed by atoms with E-state index < -0.39 is 11.7 Å². The molecule has 1 aliphatic rings. The number of nitrogens with zero attached hydrogens (tertiary/aromatic N) is 6. The van der Waals surface area contributed by atoms with Crippen LogP contribution in [0.2, 0.25) is 0 Å². The van der Waals surface area contributed by atoms with Crippen LogP contribution in [-0.2, 0) is 7.05 Å². The van der Waals surface area contributed by atoms with E-state index in [2.05, 4.69) is 32.2 Å². The molecule has 0 spiro atoms. The van der Waals surface area contributed by atoms with Crippen molar-refractivity contribution in [1.82, 2.24) is 34.4 Å². The SMILES string of the molecule is CN1CCN(CCNC(=O)c2nn(-c3ccc(F)cc3)c3c(=O)n(C)cnc23)CC1. The third-order valence-electron chi connectivity index (χ3n) is 5.34. The topological polar surface area (TPSA) is 88.3 Å². The van der Waals surface area contributed by atoms with E-state index in [1.165, 1.54) is 39.8 Å². The molecule has 30 heavy (non-hydrogen) atoms. The number of benzene rings is 1. The van der Waals surface area contributed by atoms with E-state index in [0.717, 1.165) is 32.7 Å². The Hall–Kier alpha value is -3.11. The molecule has 3 aromatic rings. The molecule has 10 heteroatoms. The average molecular weight is 413 g/mol. The number of carbonyl (C=O) groups excluding carboxylic acids is 1. The van der Waals surface area contributed by atoms with Crippen LogP contribution in [0.15, 0.2) is 35.4 Å². The van der Waals surface area contributed by atoms with Crippen molar-refractivity contribution in [2.24, 2.45) is 7.05 Å². The van der Waals surface area contributed by atoms with Gasteiger partial charge in [-0.05, 0) is 31.3 Å². The predicted molar refractivity (Wildman–Crippen MR) is 110 cm³/mol. The lowest BCUT2D eigenvalue weighted by Gasteiger charge is -2.32. The van der Waals surface area contributed by atoms with Crippen LogP contribution in [0.5, 0.6) is 0 Å². The monoisotopic (exact) mass is 413 g/mol. The van der Waals surface area contributed by atoms with Crippen LogP contribution in [0.25, 0.3) is 16.7 Å². The second kappa shape index (κ2) is 8.33. The molecule has 1 aliphatic heterocycles. The fourth-order valence-corrected chi connectivity index (χ4v) is 3.49. The Kier molecular flexibility index (Phi) is 5.60. The van der Waals surface area contributed by atoms with Crippen molar-refractivity contribution >= 4 is 16.9 Å². The van der Waals surface area contributed by atoms with Gasteiger partial charge in [-0.3, -0.25) is 14.5 Å². The van der Waals surface area contributed by atoms with E-state index in [0.29, 0.717) is 12.2 Å². The molecule has 4 rings (SSSR count). The summed E-state index contributed by atoms with van der Waals surface area (Å²) in [7, 11) is 3.67. The molecule has 0 saturated carbocycles. The molecule has 9 nitrogen and oxygen atoms in total. The van der Waals surface area contributed by atoms with Gasteiger partial charge in [0.1, 0.15) is 11.3 Å². The Bertz CT molecular complexity index is 1110. The molecule has 1 fully saturated rings. The fraction of sp³-hybridized carbons (Fsp3) is 0.400. The number of likely N-dealkylation sites (N-methyl/N-ethyl adjacent to an activating group) is 1. The van der Waals surface area contributed by atoms with Crippen LogP contribution in [0, 0.1) is 5.82 Å². The van der Waals surface area contributed by atoms with Crippen molar-refractivity contribution in [3.05, 3.63) is 52.5 Å². The first-order chi connectivity index (χ1) is 14.4. The number of hydrogen-bond acceptors (Lipinski definition) is 6. The van der Waals surface area contributed by atoms with E-state index in [-0.39, 0.29) is 22.3 Å². The molecule has 1 saturated heterocycles. The highest BCUT2D eigenvalue weighted by molar-refractivity contribution is 6.03. The normalized spacial score (nSPS) is 15.6. The lowest BCUT2D eigenvalue weighted by molar-refractivity contribution is 0.0937. The number of nitrogens with one attached hydrogen (secondary N) is 1. The average Bonchev–Trinajstić information content (AvgIpc) is 3.13. The van der Waals surface area contributed by atoms with E-state index in [9.17, 15) is 14.0 Å². The van der Waals surface area contributed by atoms with E-state index in [4.69, 9.17) is 0 Å². The number of carbonyl (C=O) groups is 1. The second-order valence-corrected chi connectivity index (χ2v) is 7.50. The zero-order valence-electron chi connectivity index (χ0n) is 17.0. The summed E-state index contributed by atoms with van der Waals surface area (Å²) in [5.41, 5.74) is 0.608. The van der Waals surface area contributed by atoms with Gasteiger partial charge in [-0.2, -0.15) is 5.10 Å². The summed E-state index contributed by atoms with van der Waals surface area (Å²) in [6.45, 7) is 5.16. The zero-order chi connectivity index (χ0) is 21.3. The predicted octanol–water partition coefficient (Wildman–Crippen LogP) is 0.236. The molecular formula is C20H24FN7O2. The van der Waals surface area contributed by atoms with Crippen molar-refractivity contribution in [1.29, 1.82) is 0 Å². The van der Waals surface area contributed by atoms with Gasteiger partial charge in [0.2, 0.25) is 0 Å². The van der Waals surface area contributed by atoms with Gasteiger partial charge in [0.05, 0.1) is 12.0 Å². The van der Waals surface area contributed by atoms with Crippen LogP contribution in [0.3, 0.4) is 0 Å². The number of aryl methyl sites for hydroxylation is 1. The van der Waals surface area contributed by atoms with Gasteiger partial charge in [0.15, 0.2) is 11.2 Å². The highest BCUT2D eigenvalue weighted by Crippen LogP contribution is 2.18. The van der Waals surface area contributed by atoms with Gasteiger partial charge in [-0.25, -0.2) is 14.1 Å². The van der Waals surface area contributed by atoms with Gasteiger partial charge in [0, 0.05) is 46.3 Å². The Morgan fingerprint density at radius 1 is 1.13 bits per heavy atom. The minimum atomic E-state index is -0.400. The number of fused-ring (bicyclic) bond motifs is 1. The summed E-state index contributed by atoms with van der Waals surface area (Å²) < 4.78 is 16.0. The Labute approximate surface area is 172 Å². The number of hydrogen-bond donors (Lipinski definition) is 1. The van der Waals surface area contributed by atoms with E-state index >= 15 is 0 Å². The summed E-state index contributed by atoms with van der Waals surface area (Å²) in [6, 6.07) is 5.56. The molecule has 1 N–H and O–H groups in total. The standard InChI is InChI=1S/C20H24FN7O2/c1-25-9-11-27(12-10-25)8-7-22-19(29)17-16-18(20(30)26(2)13-23-16)28(24-17)15-5-3-14(21)4-6-15/h3-6,13H,7-12H2,1-2H3,(H,22,29). The first-order valence-corrected chi connectivity index (χ1v) is 9.83. The molecule has 0 atom stereocenters. The number of rotatable bonds is 5. The maximum absolute atomic E-state index is 13.3. The highest BCUT2D eigenvalue weighted by Gasteiger charge is 2.22. The zero-order valence-corrected chi connectivity index (χ0v) is 17.0. The maximum atomic E-state index is 13.3. The number of halogens is 1. The van der Waals surface area contributed by atoms with Gasteiger partial charge < -0.3 is 14.8 Å². The summed E-state index contributed by atoms with van der Waals surface area (Å²) >= 11 is 0. The minimum Gasteiger partial charge on any atom is -0.349 e. The van der Waals surface area contributed by atoms with Crippen molar-refractivity contribution in [2.45, 2.75) is 0 Å².